The summed E-state index contributed by atoms with van der Waals surface area (Å²) >= 11 is 12.7. The molecule has 4 aromatic rings. The molecule has 2 fully saturated rings. The molecule has 14 heteroatoms. The van der Waals surface area contributed by atoms with E-state index in [1.807, 2.05) is 36.5 Å². The predicted molar refractivity (Wildman–Crippen MR) is 191 cm³/mol. The Hall–Kier alpha value is -4.07. The molecule has 0 saturated carbocycles. The number of rotatable bonds is 11. The number of aliphatic hydroxyl groups is 1. The molecule has 0 bridgehead atoms. The van der Waals surface area contributed by atoms with E-state index in [0.29, 0.717) is 35.5 Å². The van der Waals surface area contributed by atoms with E-state index < -0.39 is 11.9 Å². The number of aromatic nitrogens is 3. The highest BCUT2D eigenvalue weighted by Crippen LogP contribution is 2.40. The molecule has 258 valence electrons. The normalized spacial score (nSPS) is 22.2. The average Bonchev–Trinajstić information content (AvgIpc) is 3.90. The lowest BCUT2D eigenvalue weighted by atomic mass is 10.1. The Morgan fingerprint density at radius 1 is 0.939 bits per heavy atom. The van der Waals surface area contributed by atoms with Gasteiger partial charge < -0.3 is 34.0 Å². The lowest BCUT2D eigenvalue weighted by Crippen LogP contribution is -2.46. The maximum absolute atomic E-state index is 9.90. The third-order valence-corrected chi connectivity index (χ3v) is 9.85. The van der Waals surface area contributed by atoms with Crippen LogP contribution in [0.3, 0.4) is 0 Å². The topological polar surface area (TPSA) is 104 Å². The van der Waals surface area contributed by atoms with Crippen LogP contribution in [0.25, 0.3) is 0 Å². The lowest BCUT2D eigenvalue weighted by molar-refractivity contribution is -0.190. The molecule has 4 heterocycles. The first kappa shape index (κ1) is 33.4. The van der Waals surface area contributed by atoms with Crippen LogP contribution in [-0.2, 0) is 21.8 Å². The summed E-state index contributed by atoms with van der Waals surface area (Å²) in [4.78, 5) is 11.0. The van der Waals surface area contributed by atoms with Crippen molar-refractivity contribution >= 4 is 46.6 Å². The number of nitrogens with zero attached hydrogens (tertiary/aromatic N) is 8. The number of ether oxygens (including phenoxy) is 3. The van der Waals surface area contributed by atoms with E-state index in [9.17, 15) is 5.11 Å². The van der Waals surface area contributed by atoms with Gasteiger partial charge in [-0.05, 0) is 74.5 Å². The summed E-state index contributed by atoms with van der Waals surface area (Å²) in [5.74, 6) is -0.392. The van der Waals surface area contributed by atoms with E-state index in [-0.39, 0.29) is 18.7 Å². The number of aliphatic hydroxyl groups excluding tert-OH is 1. The van der Waals surface area contributed by atoms with Crippen LogP contribution in [0.2, 0.25) is 10.0 Å². The maximum atomic E-state index is 9.90. The van der Waals surface area contributed by atoms with E-state index in [0.717, 1.165) is 43.3 Å². The van der Waals surface area contributed by atoms with Crippen LogP contribution >= 0.6 is 23.2 Å². The summed E-state index contributed by atoms with van der Waals surface area (Å²) in [5.41, 5.74) is 4.12. The van der Waals surface area contributed by atoms with Crippen molar-refractivity contribution in [3.05, 3.63) is 95.0 Å². The van der Waals surface area contributed by atoms with Crippen LogP contribution in [-0.4, -0.2) is 95.5 Å². The molecule has 0 spiro atoms. The maximum Gasteiger partial charge on any atom is 0.217 e. The van der Waals surface area contributed by atoms with Crippen molar-refractivity contribution in [2.24, 2.45) is 5.10 Å². The van der Waals surface area contributed by atoms with Crippen molar-refractivity contribution in [3.63, 3.8) is 0 Å². The highest BCUT2D eigenvalue weighted by molar-refractivity contribution is 6.35. The number of hydrazone groups is 1. The molecule has 3 aromatic carbocycles. The standard InChI is InChI=1S/C35H40Cl2N8O4/c1-25(26(2)46)45-24-43(23-40-45)30-6-4-28(5-7-30)41-13-15-42(16-14-41)29-8-10-31(11-9-29)47-18-32-19-48-35(49-32,20-44-22-38-21-39-44)33-12-3-27(36)17-34(33)37/h3-12,17,21-23,25-26,32,46H,13-16,18-20,24H2,1-2H3/t25-,26-,32+,35+/m0/s1. The minimum Gasteiger partial charge on any atom is -0.491 e. The zero-order valence-corrected chi connectivity index (χ0v) is 29.0. The van der Waals surface area contributed by atoms with Crippen LogP contribution < -0.4 is 19.4 Å². The van der Waals surface area contributed by atoms with E-state index in [1.165, 1.54) is 12.0 Å². The molecule has 1 aromatic heterocycles. The molecule has 7 rings (SSSR count). The minimum atomic E-state index is -1.15. The van der Waals surface area contributed by atoms with Gasteiger partial charge in [0.15, 0.2) is 0 Å². The number of benzene rings is 3. The molecule has 0 radical (unpaired) electrons. The van der Waals surface area contributed by atoms with E-state index >= 15 is 0 Å². The van der Waals surface area contributed by atoms with Gasteiger partial charge in [0.1, 0.15) is 50.7 Å². The van der Waals surface area contributed by atoms with Gasteiger partial charge in [-0.25, -0.2) is 9.67 Å². The van der Waals surface area contributed by atoms with Crippen molar-refractivity contribution in [1.82, 2.24) is 19.8 Å². The zero-order chi connectivity index (χ0) is 34.0. The van der Waals surface area contributed by atoms with Gasteiger partial charge in [-0.3, -0.25) is 5.01 Å². The second-order valence-electron chi connectivity index (χ2n) is 12.6. The molecular weight excluding hydrogens is 667 g/mol. The monoisotopic (exact) mass is 706 g/mol. The number of hydrogen-bond donors (Lipinski definition) is 1. The summed E-state index contributed by atoms with van der Waals surface area (Å²) < 4.78 is 20.5. The van der Waals surface area contributed by atoms with Crippen molar-refractivity contribution in [1.29, 1.82) is 0 Å². The Bertz CT molecular complexity index is 1720. The average molecular weight is 708 g/mol. The SMILES string of the molecule is C[C@H](O)[C@H](C)N1CN(c2ccc(N3CCN(c4ccc(OC[C@@H]5CO[C@@](Cn6cncn6)(c6ccc(Cl)cc6Cl)O5)cc4)CC3)cc2)C=N1. The van der Waals surface area contributed by atoms with Gasteiger partial charge in [-0.15, -0.1) is 0 Å². The number of anilines is 3. The van der Waals surface area contributed by atoms with Crippen molar-refractivity contribution in [2.45, 2.75) is 44.4 Å². The van der Waals surface area contributed by atoms with Gasteiger partial charge in [-0.1, -0.05) is 29.3 Å². The number of hydrogen-bond acceptors (Lipinski definition) is 11. The van der Waals surface area contributed by atoms with E-state index in [4.69, 9.17) is 37.4 Å². The third kappa shape index (κ3) is 7.43. The quantitative estimate of drug-likeness (QED) is 0.228. The number of halogens is 2. The van der Waals surface area contributed by atoms with Gasteiger partial charge in [0.25, 0.3) is 0 Å². The molecule has 0 amide bonds. The highest BCUT2D eigenvalue weighted by Gasteiger charge is 2.45. The molecule has 4 atom stereocenters. The first-order valence-electron chi connectivity index (χ1n) is 16.4. The molecule has 1 N–H and O–H groups in total. The Balaban J connectivity index is 0.901. The minimum absolute atomic E-state index is 0.0397. The third-order valence-electron chi connectivity index (χ3n) is 9.31. The van der Waals surface area contributed by atoms with Crippen molar-refractivity contribution < 1.29 is 19.3 Å². The van der Waals surface area contributed by atoms with Crippen molar-refractivity contribution in [2.75, 3.05) is 60.8 Å². The van der Waals surface area contributed by atoms with Gasteiger partial charge in [0, 0.05) is 53.8 Å². The Labute approximate surface area is 296 Å². The van der Waals surface area contributed by atoms with Crippen LogP contribution in [0.5, 0.6) is 5.75 Å². The fraction of sp³-hybridized carbons (Fsp3) is 0.400. The van der Waals surface area contributed by atoms with Gasteiger partial charge in [0.05, 0.1) is 23.8 Å². The van der Waals surface area contributed by atoms with Crippen molar-refractivity contribution in [3.8, 4) is 5.75 Å². The van der Waals surface area contributed by atoms with Gasteiger partial charge in [-0.2, -0.15) is 10.2 Å². The molecule has 3 aliphatic heterocycles. The van der Waals surface area contributed by atoms with Gasteiger partial charge >= 0.3 is 0 Å². The zero-order valence-electron chi connectivity index (χ0n) is 27.5. The predicted octanol–water partition coefficient (Wildman–Crippen LogP) is 5.05. The first-order valence-corrected chi connectivity index (χ1v) is 17.2. The fourth-order valence-corrected chi connectivity index (χ4v) is 6.84. The van der Waals surface area contributed by atoms with Crippen LogP contribution in [0, 0.1) is 0 Å². The van der Waals surface area contributed by atoms with Crippen LogP contribution in [0.15, 0.2) is 84.5 Å². The largest absolute Gasteiger partial charge is 0.491 e. The summed E-state index contributed by atoms with van der Waals surface area (Å²) in [5, 5.41) is 21.5. The number of piperazine rings is 1. The molecule has 12 nitrogen and oxygen atoms in total. The lowest BCUT2D eigenvalue weighted by Gasteiger charge is -2.37. The first-order chi connectivity index (χ1) is 23.8. The Morgan fingerprint density at radius 3 is 2.24 bits per heavy atom. The molecular formula is C35H40Cl2N8O4. The van der Waals surface area contributed by atoms with Gasteiger partial charge in [0.2, 0.25) is 5.79 Å². The van der Waals surface area contributed by atoms with E-state index in [1.54, 1.807) is 30.1 Å². The molecule has 0 aliphatic carbocycles. The second kappa shape index (κ2) is 14.4. The fourth-order valence-electron chi connectivity index (χ4n) is 6.29. The smallest absolute Gasteiger partial charge is 0.217 e. The molecule has 0 unspecified atom stereocenters. The summed E-state index contributed by atoms with van der Waals surface area (Å²) in [6, 6.07) is 22.0. The Morgan fingerprint density at radius 2 is 1.61 bits per heavy atom. The summed E-state index contributed by atoms with van der Waals surface area (Å²) in [6.45, 7) is 9.00. The molecule has 49 heavy (non-hydrogen) atoms. The second-order valence-corrected chi connectivity index (χ2v) is 13.4. The van der Waals surface area contributed by atoms with Crippen LogP contribution in [0.1, 0.15) is 19.4 Å². The summed E-state index contributed by atoms with van der Waals surface area (Å²) in [6.07, 6.45) is 4.14. The van der Waals surface area contributed by atoms with E-state index in [2.05, 4.69) is 66.3 Å². The summed E-state index contributed by atoms with van der Waals surface area (Å²) in [7, 11) is 0. The molecule has 3 aliphatic rings. The molecule has 2 saturated heterocycles. The van der Waals surface area contributed by atoms with Crippen LogP contribution in [0.4, 0.5) is 17.1 Å². The Kier molecular flexibility index (Phi) is 9.84. The highest BCUT2D eigenvalue weighted by atomic mass is 35.5.